The molecule has 0 radical (unpaired) electrons. The van der Waals surface area contributed by atoms with Crippen molar-refractivity contribution in [1.82, 2.24) is 10.1 Å². The number of ether oxygens (including phenoxy) is 2. The molecule has 1 saturated heterocycles. The highest BCUT2D eigenvalue weighted by Crippen LogP contribution is 2.20. The van der Waals surface area contributed by atoms with E-state index in [2.05, 4.69) is 10.1 Å². The number of Topliss-reactive ketones (excluding diaryl/α,β-unsaturated/α-hetero) is 1. The molecular formula is C11H16N2O4. The molecule has 0 aromatic carbocycles. The van der Waals surface area contributed by atoms with Crippen molar-refractivity contribution in [2.45, 2.75) is 32.3 Å². The standard InChI is InChI=1S/C11H16N2O4/c1-2-4-15-7-10-12-11(17-13-10)8-6-16-5-3-9(8)14/h8H,2-7H2,1H3. The van der Waals surface area contributed by atoms with Crippen LogP contribution >= 0.6 is 0 Å². The Labute approximate surface area is 99.3 Å². The molecule has 1 aromatic rings. The van der Waals surface area contributed by atoms with Crippen molar-refractivity contribution in [3.8, 4) is 0 Å². The molecule has 0 amide bonds. The van der Waals surface area contributed by atoms with Gasteiger partial charge in [-0.3, -0.25) is 4.79 Å². The summed E-state index contributed by atoms with van der Waals surface area (Å²) < 4.78 is 15.6. The van der Waals surface area contributed by atoms with Crippen LogP contribution in [0.5, 0.6) is 0 Å². The van der Waals surface area contributed by atoms with Gasteiger partial charge in [0, 0.05) is 13.0 Å². The fraction of sp³-hybridized carbons (Fsp3) is 0.727. The van der Waals surface area contributed by atoms with Crippen LogP contribution in [0.15, 0.2) is 4.52 Å². The molecule has 1 aliphatic rings. The van der Waals surface area contributed by atoms with Crippen LogP contribution < -0.4 is 0 Å². The van der Waals surface area contributed by atoms with Crippen molar-refractivity contribution in [3.63, 3.8) is 0 Å². The van der Waals surface area contributed by atoms with Crippen LogP contribution in [-0.2, 0) is 20.9 Å². The number of rotatable bonds is 5. The van der Waals surface area contributed by atoms with Gasteiger partial charge < -0.3 is 14.0 Å². The van der Waals surface area contributed by atoms with E-state index in [1.54, 1.807) is 0 Å². The molecule has 0 aliphatic carbocycles. The average molecular weight is 240 g/mol. The first-order chi connectivity index (χ1) is 8.31. The largest absolute Gasteiger partial charge is 0.380 e. The number of carbonyl (C=O) groups is 1. The van der Waals surface area contributed by atoms with E-state index in [4.69, 9.17) is 14.0 Å². The van der Waals surface area contributed by atoms with Gasteiger partial charge in [0.15, 0.2) is 5.82 Å². The Hall–Kier alpha value is -1.27. The molecular weight excluding hydrogens is 224 g/mol. The monoisotopic (exact) mass is 240 g/mol. The van der Waals surface area contributed by atoms with Gasteiger partial charge in [0.25, 0.3) is 0 Å². The minimum Gasteiger partial charge on any atom is -0.380 e. The number of ketones is 1. The summed E-state index contributed by atoms with van der Waals surface area (Å²) in [5.74, 6) is 0.508. The van der Waals surface area contributed by atoms with Crippen molar-refractivity contribution >= 4 is 5.78 Å². The van der Waals surface area contributed by atoms with Crippen LogP contribution in [0.1, 0.15) is 37.4 Å². The second-order valence-electron chi connectivity index (χ2n) is 3.95. The predicted molar refractivity (Wildman–Crippen MR) is 57.4 cm³/mol. The summed E-state index contributed by atoms with van der Waals surface area (Å²) in [7, 11) is 0. The lowest BCUT2D eigenvalue weighted by molar-refractivity contribution is -0.127. The van der Waals surface area contributed by atoms with Gasteiger partial charge in [-0.2, -0.15) is 4.98 Å². The summed E-state index contributed by atoms with van der Waals surface area (Å²) in [4.78, 5) is 15.8. The zero-order valence-electron chi connectivity index (χ0n) is 9.85. The van der Waals surface area contributed by atoms with Gasteiger partial charge >= 0.3 is 0 Å². The van der Waals surface area contributed by atoms with E-state index < -0.39 is 5.92 Å². The fourth-order valence-corrected chi connectivity index (χ4v) is 1.63. The molecule has 1 atom stereocenters. The molecule has 0 saturated carbocycles. The zero-order valence-corrected chi connectivity index (χ0v) is 9.85. The Morgan fingerprint density at radius 2 is 2.41 bits per heavy atom. The smallest absolute Gasteiger partial charge is 0.239 e. The first-order valence-electron chi connectivity index (χ1n) is 5.82. The van der Waals surface area contributed by atoms with Crippen LogP contribution in [-0.4, -0.2) is 35.7 Å². The van der Waals surface area contributed by atoms with Crippen LogP contribution in [0.3, 0.4) is 0 Å². The highest BCUT2D eigenvalue weighted by Gasteiger charge is 2.29. The molecule has 0 N–H and O–H groups in total. The normalized spacial score (nSPS) is 20.8. The van der Waals surface area contributed by atoms with Crippen molar-refractivity contribution in [2.24, 2.45) is 0 Å². The third-order valence-electron chi connectivity index (χ3n) is 2.53. The molecule has 2 heterocycles. The Morgan fingerprint density at radius 3 is 3.18 bits per heavy atom. The molecule has 1 aromatic heterocycles. The highest BCUT2D eigenvalue weighted by molar-refractivity contribution is 5.85. The third-order valence-corrected chi connectivity index (χ3v) is 2.53. The summed E-state index contributed by atoms with van der Waals surface area (Å²) >= 11 is 0. The Bertz CT molecular complexity index is 377. The molecule has 1 fully saturated rings. The predicted octanol–water partition coefficient (Wildman–Crippen LogP) is 1.07. The van der Waals surface area contributed by atoms with Crippen molar-refractivity contribution in [1.29, 1.82) is 0 Å². The second-order valence-corrected chi connectivity index (χ2v) is 3.95. The molecule has 94 valence electrons. The molecule has 2 rings (SSSR count). The number of aromatic nitrogens is 2. The summed E-state index contributed by atoms with van der Waals surface area (Å²) in [6.45, 7) is 3.82. The van der Waals surface area contributed by atoms with E-state index in [0.29, 0.717) is 44.6 Å². The Kier molecular flexibility index (Phi) is 4.22. The van der Waals surface area contributed by atoms with Crippen LogP contribution in [0, 0.1) is 0 Å². The maximum absolute atomic E-state index is 11.6. The van der Waals surface area contributed by atoms with E-state index >= 15 is 0 Å². The Morgan fingerprint density at radius 1 is 1.53 bits per heavy atom. The summed E-state index contributed by atoms with van der Waals surface area (Å²) in [6.07, 6.45) is 1.36. The lowest BCUT2D eigenvalue weighted by atomic mass is 10.0. The van der Waals surface area contributed by atoms with Gasteiger partial charge in [0.1, 0.15) is 18.3 Å². The van der Waals surface area contributed by atoms with Gasteiger partial charge in [-0.25, -0.2) is 0 Å². The minimum atomic E-state index is -0.406. The van der Waals surface area contributed by atoms with Crippen molar-refractivity contribution in [2.75, 3.05) is 19.8 Å². The van der Waals surface area contributed by atoms with Crippen molar-refractivity contribution in [3.05, 3.63) is 11.7 Å². The number of hydrogen-bond acceptors (Lipinski definition) is 6. The second kappa shape index (κ2) is 5.88. The van der Waals surface area contributed by atoms with Gasteiger partial charge in [0.05, 0.1) is 13.2 Å². The first kappa shape index (κ1) is 12.2. The summed E-state index contributed by atoms with van der Waals surface area (Å²) in [6, 6.07) is 0. The van der Waals surface area contributed by atoms with Crippen LogP contribution in [0.2, 0.25) is 0 Å². The highest BCUT2D eigenvalue weighted by atomic mass is 16.5. The molecule has 6 heteroatoms. The van der Waals surface area contributed by atoms with Crippen LogP contribution in [0.25, 0.3) is 0 Å². The van der Waals surface area contributed by atoms with E-state index in [9.17, 15) is 4.79 Å². The lowest BCUT2D eigenvalue weighted by Gasteiger charge is -2.16. The Balaban J connectivity index is 1.94. The number of hydrogen-bond donors (Lipinski definition) is 0. The van der Waals surface area contributed by atoms with E-state index in [0.717, 1.165) is 6.42 Å². The van der Waals surface area contributed by atoms with E-state index in [1.807, 2.05) is 6.92 Å². The molecule has 1 aliphatic heterocycles. The SMILES string of the molecule is CCCOCc1noc(C2COCCC2=O)n1. The van der Waals surface area contributed by atoms with E-state index in [1.165, 1.54) is 0 Å². The summed E-state index contributed by atoms with van der Waals surface area (Å²) in [5.41, 5.74) is 0. The molecule has 0 spiro atoms. The fourth-order valence-electron chi connectivity index (χ4n) is 1.63. The molecule has 6 nitrogen and oxygen atoms in total. The molecule has 17 heavy (non-hydrogen) atoms. The number of nitrogens with zero attached hydrogens (tertiary/aromatic N) is 2. The quantitative estimate of drug-likeness (QED) is 0.717. The van der Waals surface area contributed by atoms with Gasteiger partial charge in [0.2, 0.25) is 5.89 Å². The summed E-state index contributed by atoms with van der Waals surface area (Å²) in [5, 5.41) is 3.78. The lowest BCUT2D eigenvalue weighted by Crippen LogP contribution is -2.25. The van der Waals surface area contributed by atoms with Gasteiger partial charge in [-0.15, -0.1) is 0 Å². The molecule has 1 unspecified atom stereocenters. The van der Waals surface area contributed by atoms with Gasteiger partial charge in [-0.05, 0) is 6.42 Å². The number of carbonyl (C=O) groups excluding carboxylic acids is 1. The van der Waals surface area contributed by atoms with Gasteiger partial charge in [-0.1, -0.05) is 12.1 Å². The first-order valence-corrected chi connectivity index (χ1v) is 5.82. The zero-order chi connectivity index (χ0) is 12.1. The maximum Gasteiger partial charge on any atom is 0.239 e. The maximum atomic E-state index is 11.6. The third kappa shape index (κ3) is 3.10. The van der Waals surface area contributed by atoms with Crippen LogP contribution in [0.4, 0.5) is 0 Å². The minimum absolute atomic E-state index is 0.0981. The average Bonchev–Trinajstić information content (AvgIpc) is 2.79. The molecule has 0 bridgehead atoms. The van der Waals surface area contributed by atoms with Crippen molar-refractivity contribution < 1.29 is 18.8 Å². The topological polar surface area (TPSA) is 74.5 Å². The van der Waals surface area contributed by atoms with E-state index in [-0.39, 0.29) is 5.78 Å².